The van der Waals surface area contributed by atoms with E-state index >= 15 is 0 Å². The quantitative estimate of drug-likeness (QED) is 0.915. The predicted molar refractivity (Wildman–Crippen MR) is 70.3 cm³/mol. The monoisotopic (exact) mass is 300 g/mol. The molecule has 0 fully saturated rings. The largest absolute Gasteiger partial charge is 0.481 e. The van der Waals surface area contributed by atoms with Gasteiger partial charge < -0.3 is 9.63 Å². The van der Waals surface area contributed by atoms with E-state index in [9.17, 15) is 4.79 Å². The van der Waals surface area contributed by atoms with E-state index in [1.165, 1.54) is 0 Å². The lowest BCUT2D eigenvalue weighted by Gasteiger charge is -1.97. The smallest absolute Gasteiger partial charge is 0.303 e. The predicted octanol–water partition coefficient (Wildman–Crippen LogP) is 3.45. The van der Waals surface area contributed by atoms with E-state index in [-0.39, 0.29) is 6.42 Å². The summed E-state index contributed by atoms with van der Waals surface area (Å²) in [6.07, 6.45) is 0.946. The summed E-state index contributed by atoms with van der Waals surface area (Å²) in [7, 11) is 0. The van der Waals surface area contributed by atoms with E-state index < -0.39 is 5.97 Å². The molecule has 0 radical (unpaired) electrons. The molecule has 0 amide bonds. The van der Waals surface area contributed by atoms with Crippen LogP contribution >= 0.6 is 23.2 Å². The molecule has 100 valence electrons. The fraction of sp³-hybridized carbons (Fsp3) is 0.250. The van der Waals surface area contributed by atoms with Crippen LogP contribution in [0.1, 0.15) is 18.7 Å². The SMILES string of the molecule is O=C(O)CCCc1nc(-c2cc(Cl)cc(Cl)c2)no1. The van der Waals surface area contributed by atoms with Crippen molar-refractivity contribution in [2.45, 2.75) is 19.3 Å². The summed E-state index contributed by atoms with van der Waals surface area (Å²) in [6.45, 7) is 0. The second-order valence-corrected chi connectivity index (χ2v) is 4.79. The molecule has 7 heteroatoms. The Morgan fingerprint density at radius 1 is 1.26 bits per heavy atom. The molecule has 1 aromatic heterocycles. The topological polar surface area (TPSA) is 76.2 Å². The molecule has 0 aliphatic heterocycles. The zero-order valence-electron chi connectivity index (χ0n) is 9.77. The van der Waals surface area contributed by atoms with Gasteiger partial charge in [-0.15, -0.1) is 0 Å². The number of carbonyl (C=O) groups is 1. The fourth-order valence-corrected chi connectivity index (χ4v) is 2.07. The van der Waals surface area contributed by atoms with Gasteiger partial charge in [0.15, 0.2) is 0 Å². The van der Waals surface area contributed by atoms with E-state index in [2.05, 4.69) is 10.1 Å². The third-order valence-corrected chi connectivity index (χ3v) is 2.81. The lowest BCUT2D eigenvalue weighted by Crippen LogP contribution is -1.95. The summed E-state index contributed by atoms with van der Waals surface area (Å²) in [5.74, 6) is -0.0663. The van der Waals surface area contributed by atoms with Crippen LogP contribution in [0.15, 0.2) is 22.7 Å². The summed E-state index contributed by atoms with van der Waals surface area (Å²) in [5.41, 5.74) is 0.658. The standard InChI is InChI=1S/C12H10Cl2N2O3/c13-8-4-7(5-9(14)6-8)12-15-10(19-16-12)2-1-3-11(17)18/h4-6H,1-3H2,(H,17,18). The van der Waals surface area contributed by atoms with E-state index in [0.29, 0.717) is 40.2 Å². The number of halogens is 2. The van der Waals surface area contributed by atoms with E-state index in [1.807, 2.05) is 0 Å². The number of aryl methyl sites for hydroxylation is 1. The highest BCUT2D eigenvalue weighted by Crippen LogP contribution is 2.25. The lowest BCUT2D eigenvalue weighted by atomic mass is 10.2. The normalized spacial score (nSPS) is 10.6. The minimum Gasteiger partial charge on any atom is -0.481 e. The second kappa shape index (κ2) is 6.04. The first-order chi connectivity index (χ1) is 9.04. The maximum Gasteiger partial charge on any atom is 0.303 e. The van der Waals surface area contributed by atoms with Gasteiger partial charge >= 0.3 is 5.97 Å². The number of hydrogen-bond donors (Lipinski definition) is 1. The van der Waals surface area contributed by atoms with Crippen molar-refractivity contribution in [1.82, 2.24) is 10.1 Å². The Hall–Kier alpha value is -1.59. The number of benzene rings is 1. The van der Waals surface area contributed by atoms with Crippen LogP contribution in [0.3, 0.4) is 0 Å². The Labute approximate surface area is 119 Å². The number of nitrogens with zero attached hydrogens (tertiary/aromatic N) is 2. The molecule has 0 atom stereocenters. The minimum absolute atomic E-state index is 0.0701. The van der Waals surface area contributed by atoms with Crippen LogP contribution in [-0.4, -0.2) is 21.2 Å². The molecule has 0 unspecified atom stereocenters. The molecule has 1 heterocycles. The van der Waals surface area contributed by atoms with Gasteiger partial charge in [0.1, 0.15) is 0 Å². The number of aromatic nitrogens is 2. The van der Waals surface area contributed by atoms with Crippen molar-refractivity contribution in [2.24, 2.45) is 0 Å². The molecular formula is C12H10Cl2N2O3. The van der Waals surface area contributed by atoms with Crippen molar-refractivity contribution in [3.8, 4) is 11.4 Å². The van der Waals surface area contributed by atoms with Gasteiger partial charge in [-0.2, -0.15) is 4.98 Å². The van der Waals surface area contributed by atoms with Crippen molar-refractivity contribution in [3.05, 3.63) is 34.1 Å². The van der Waals surface area contributed by atoms with E-state index in [4.69, 9.17) is 32.8 Å². The van der Waals surface area contributed by atoms with Crippen LogP contribution < -0.4 is 0 Å². The first-order valence-corrected chi connectivity index (χ1v) is 6.31. The molecular weight excluding hydrogens is 291 g/mol. The van der Waals surface area contributed by atoms with Crippen LogP contribution in [0.2, 0.25) is 10.0 Å². The lowest BCUT2D eigenvalue weighted by molar-refractivity contribution is -0.137. The molecule has 0 bridgehead atoms. The van der Waals surface area contributed by atoms with Crippen molar-refractivity contribution in [3.63, 3.8) is 0 Å². The van der Waals surface area contributed by atoms with Crippen LogP contribution in [-0.2, 0) is 11.2 Å². The molecule has 0 saturated carbocycles. The molecule has 0 aliphatic rings. The summed E-state index contributed by atoms with van der Waals surface area (Å²) in [4.78, 5) is 14.6. The zero-order chi connectivity index (χ0) is 13.8. The van der Waals surface area contributed by atoms with Gasteiger partial charge in [0.2, 0.25) is 11.7 Å². The van der Waals surface area contributed by atoms with E-state index in [1.54, 1.807) is 18.2 Å². The van der Waals surface area contributed by atoms with Crippen molar-refractivity contribution in [2.75, 3.05) is 0 Å². The summed E-state index contributed by atoms with van der Waals surface area (Å²) >= 11 is 11.8. The summed E-state index contributed by atoms with van der Waals surface area (Å²) in [6, 6.07) is 4.97. The molecule has 1 N–H and O–H groups in total. The Balaban J connectivity index is 2.09. The van der Waals surface area contributed by atoms with Gasteiger partial charge in [0.25, 0.3) is 0 Å². The molecule has 5 nitrogen and oxygen atoms in total. The highest BCUT2D eigenvalue weighted by atomic mass is 35.5. The summed E-state index contributed by atoms with van der Waals surface area (Å²) < 4.78 is 5.04. The van der Waals surface area contributed by atoms with Gasteiger partial charge in [0, 0.05) is 28.5 Å². The third-order valence-electron chi connectivity index (χ3n) is 2.37. The number of carboxylic acid groups (broad SMARTS) is 1. The van der Waals surface area contributed by atoms with Gasteiger partial charge in [0.05, 0.1) is 0 Å². The highest BCUT2D eigenvalue weighted by molar-refractivity contribution is 6.35. The van der Waals surface area contributed by atoms with Crippen LogP contribution in [0.25, 0.3) is 11.4 Å². The number of carboxylic acids is 1. The van der Waals surface area contributed by atoms with Gasteiger partial charge in [-0.25, -0.2) is 0 Å². The maximum atomic E-state index is 10.4. The minimum atomic E-state index is -0.846. The average Bonchev–Trinajstić information content (AvgIpc) is 2.76. The van der Waals surface area contributed by atoms with Crippen molar-refractivity contribution >= 4 is 29.2 Å². The van der Waals surface area contributed by atoms with Crippen LogP contribution in [0, 0.1) is 0 Å². The Bertz CT molecular complexity index is 578. The molecule has 0 aliphatic carbocycles. The molecule has 1 aromatic carbocycles. The van der Waals surface area contributed by atoms with Gasteiger partial charge in [-0.3, -0.25) is 4.79 Å². The van der Waals surface area contributed by atoms with Gasteiger partial charge in [-0.05, 0) is 24.6 Å². The second-order valence-electron chi connectivity index (χ2n) is 3.92. The molecule has 2 aromatic rings. The molecule has 19 heavy (non-hydrogen) atoms. The Morgan fingerprint density at radius 2 is 1.95 bits per heavy atom. The number of hydrogen-bond acceptors (Lipinski definition) is 4. The highest BCUT2D eigenvalue weighted by Gasteiger charge is 2.10. The maximum absolute atomic E-state index is 10.4. The first-order valence-electron chi connectivity index (χ1n) is 5.55. The molecule has 2 rings (SSSR count). The van der Waals surface area contributed by atoms with Crippen molar-refractivity contribution in [1.29, 1.82) is 0 Å². The van der Waals surface area contributed by atoms with Gasteiger partial charge in [-0.1, -0.05) is 28.4 Å². The first kappa shape index (κ1) is 13.8. The number of aliphatic carboxylic acids is 1. The fourth-order valence-electron chi connectivity index (χ4n) is 1.55. The average molecular weight is 301 g/mol. The molecule has 0 spiro atoms. The van der Waals surface area contributed by atoms with Crippen molar-refractivity contribution < 1.29 is 14.4 Å². The van der Waals surface area contributed by atoms with Crippen LogP contribution in [0.4, 0.5) is 0 Å². The number of rotatable bonds is 5. The third kappa shape index (κ3) is 3.94. The Morgan fingerprint density at radius 3 is 2.58 bits per heavy atom. The van der Waals surface area contributed by atoms with E-state index in [0.717, 1.165) is 0 Å². The van der Waals surface area contributed by atoms with Crippen LogP contribution in [0.5, 0.6) is 0 Å². The molecule has 0 saturated heterocycles. The summed E-state index contributed by atoms with van der Waals surface area (Å²) in [5, 5.41) is 13.3. The Kier molecular flexibility index (Phi) is 4.39. The zero-order valence-corrected chi connectivity index (χ0v) is 11.3.